The Bertz CT molecular complexity index is 831. The van der Waals surface area contributed by atoms with Crippen LogP contribution in [0.4, 0.5) is 9.59 Å². The lowest BCUT2D eigenvalue weighted by molar-refractivity contribution is -0.161. The van der Waals surface area contributed by atoms with E-state index in [0.29, 0.717) is 25.9 Å². The number of piperidine rings is 1. The second kappa shape index (κ2) is 12.8. The molecule has 0 unspecified atom stereocenters. The Hall–Kier alpha value is -3.30. The predicted molar refractivity (Wildman–Crippen MR) is 124 cm³/mol. The van der Waals surface area contributed by atoms with Crippen LogP contribution in [0.25, 0.3) is 0 Å². The van der Waals surface area contributed by atoms with Crippen LogP contribution in [-0.4, -0.2) is 78.3 Å². The molecule has 2 rings (SSSR count). The van der Waals surface area contributed by atoms with Crippen molar-refractivity contribution >= 4 is 24.1 Å². The molecule has 0 saturated carbocycles. The van der Waals surface area contributed by atoms with Gasteiger partial charge in [-0.3, -0.25) is 4.79 Å². The molecule has 34 heavy (non-hydrogen) atoms. The molecular formula is C24H35N3O7. The lowest BCUT2D eigenvalue weighted by Gasteiger charge is -2.38. The molecule has 3 amide bonds. The van der Waals surface area contributed by atoms with Crippen molar-refractivity contribution in [3.05, 3.63) is 35.9 Å². The van der Waals surface area contributed by atoms with E-state index in [4.69, 9.17) is 14.2 Å². The van der Waals surface area contributed by atoms with Gasteiger partial charge in [0.25, 0.3) is 0 Å². The van der Waals surface area contributed by atoms with E-state index < -0.39 is 29.7 Å². The number of benzene rings is 1. The summed E-state index contributed by atoms with van der Waals surface area (Å²) < 4.78 is 15.5. The molecule has 0 radical (unpaired) electrons. The van der Waals surface area contributed by atoms with Crippen LogP contribution in [0, 0.1) is 0 Å². The van der Waals surface area contributed by atoms with Crippen LogP contribution in [0.1, 0.15) is 46.1 Å². The molecule has 0 bridgehead atoms. The second-order valence-electron chi connectivity index (χ2n) is 8.91. The number of amides is 3. The average molecular weight is 478 g/mol. The smallest absolute Gasteiger partial charge is 0.410 e. The fourth-order valence-electron chi connectivity index (χ4n) is 3.50. The summed E-state index contributed by atoms with van der Waals surface area (Å²) in [6.07, 6.45) is -0.0738. The van der Waals surface area contributed by atoms with Crippen molar-refractivity contribution in [3.8, 4) is 0 Å². The maximum absolute atomic E-state index is 12.7. The first-order valence-corrected chi connectivity index (χ1v) is 11.5. The summed E-state index contributed by atoms with van der Waals surface area (Å²) >= 11 is 0. The van der Waals surface area contributed by atoms with Crippen LogP contribution in [0.5, 0.6) is 0 Å². The summed E-state index contributed by atoms with van der Waals surface area (Å²) in [5.41, 5.74) is 0.259. The normalized spacial score (nSPS) is 14.2. The molecular weight excluding hydrogens is 442 g/mol. The van der Waals surface area contributed by atoms with Crippen LogP contribution in [0.2, 0.25) is 0 Å². The zero-order valence-electron chi connectivity index (χ0n) is 20.4. The van der Waals surface area contributed by atoms with Crippen molar-refractivity contribution < 1.29 is 33.4 Å². The molecule has 1 aromatic carbocycles. The number of nitrogens with zero attached hydrogens (tertiary/aromatic N) is 2. The summed E-state index contributed by atoms with van der Waals surface area (Å²) in [6, 6.07) is 8.98. The molecule has 1 N–H and O–H groups in total. The zero-order chi connectivity index (χ0) is 25.1. The van der Waals surface area contributed by atoms with E-state index in [2.05, 4.69) is 5.32 Å². The number of alkyl carbamates (subject to hydrolysis) is 1. The number of nitrogens with one attached hydrogen (secondary N) is 1. The fraction of sp³-hybridized carbons (Fsp3) is 0.583. The molecule has 1 heterocycles. The van der Waals surface area contributed by atoms with Gasteiger partial charge in [-0.15, -0.1) is 0 Å². The molecule has 0 atom stereocenters. The van der Waals surface area contributed by atoms with E-state index in [-0.39, 0.29) is 32.3 Å². The number of carbonyl (C=O) groups is 4. The molecule has 188 valence electrons. The molecule has 0 spiro atoms. The van der Waals surface area contributed by atoms with Gasteiger partial charge in [0.15, 0.2) is 0 Å². The minimum absolute atomic E-state index is 0.0829. The van der Waals surface area contributed by atoms with Crippen molar-refractivity contribution in [1.82, 2.24) is 15.1 Å². The van der Waals surface area contributed by atoms with Gasteiger partial charge >= 0.3 is 24.1 Å². The van der Waals surface area contributed by atoms with Crippen molar-refractivity contribution in [2.45, 2.75) is 58.8 Å². The first-order valence-electron chi connectivity index (χ1n) is 11.5. The van der Waals surface area contributed by atoms with E-state index in [0.717, 1.165) is 5.56 Å². The third-order valence-corrected chi connectivity index (χ3v) is 5.10. The molecule has 10 heteroatoms. The van der Waals surface area contributed by atoms with E-state index in [9.17, 15) is 19.2 Å². The van der Waals surface area contributed by atoms with E-state index in [1.54, 1.807) is 32.6 Å². The topological polar surface area (TPSA) is 114 Å². The third-order valence-electron chi connectivity index (χ3n) is 5.10. The molecule has 1 aliphatic rings. The van der Waals surface area contributed by atoms with Crippen LogP contribution in [0.3, 0.4) is 0 Å². The Kier molecular flexibility index (Phi) is 10.2. The minimum Gasteiger partial charge on any atom is -0.459 e. The van der Waals surface area contributed by atoms with Crippen LogP contribution in [-0.2, 0) is 30.4 Å². The Labute approximate surface area is 200 Å². The van der Waals surface area contributed by atoms with Gasteiger partial charge in [-0.1, -0.05) is 30.3 Å². The van der Waals surface area contributed by atoms with Crippen molar-refractivity contribution in [2.24, 2.45) is 0 Å². The third kappa shape index (κ3) is 8.92. The van der Waals surface area contributed by atoms with E-state index in [1.807, 2.05) is 30.3 Å². The van der Waals surface area contributed by atoms with Gasteiger partial charge in [0.1, 0.15) is 12.2 Å². The minimum atomic E-state index is -0.941. The second-order valence-corrected chi connectivity index (χ2v) is 8.91. The highest BCUT2D eigenvalue weighted by Gasteiger charge is 2.34. The predicted octanol–water partition coefficient (Wildman–Crippen LogP) is 2.70. The summed E-state index contributed by atoms with van der Waals surface area (Å²) in [4.78, 5) is 52.2. The van der Waals surface area contributed by atoms with Gasteiger partial charge in [0.05, 0.1) is 6.61 Å². The summed E-state index contributed by atoms with van der Waals surface area (Å²) in [7, 11) is 0. The zero-order valence-corrected chi connectivity index (χ0v) is 20.4. The highest BCUT2D eigenvalue weighted by molar-refractivity contribution is 6.32. The number of hydrogen-bond acceptors (Lipinski definition) is 7. The van der Waals surface area contributed by atoms with Crippen molar-refractivity contribution in [1.29, 1.82) is 0 Å². The Balaban J connectivity index is 1.90. The lowest BCUT2D eigenvalue weighted by atomic mass is 10.0. The average Bonchev–Trinajstić information content (AvgIpc) is 2.80. The molecule has 1 fully saturated rings. The highest BCUT2D eigenvalue weighted by Crippen LogP contribution is 2.19. The highest BCUT2D eigenvalue weighted by atomic mass is 16.6. The first-order chi connectivity index (χ1) is 16.1. The summed E-state index contributed by atoms with van der Waals surface area (Å²) in [5, 5.41) is 2.61. The molecule has 0 aromatic heterocycles. The van der Waals surface area contributed by atoms with Crippen LogP contribution < -0.4 is 5.32 Å². The van der Waals surface area contributed by atoms with Crippen molar-refractivity contribution in [2.75, 3.05) is 32.8 Å². The van der Waals surface area contributed by atoms with E-state index >= 15 is 0 Å². The molecule has 1 aromatic rings. The standard InChI is InChI=1S/C24H35N3O7/c1-5-32-21(29)20(28)27(16-13-25-22(30)33-17-18-9-7-6-8-10-18)19-11-14-26(15-12-19)23(31)34-24(2,3)4/h6-10,19H,5,11-17H2,1-4H3,(H,25,30). The number of carbonyl (C=O) groups excluding carboxylic acids is 4. The molecule has 1 aliphatic heterocycles. The molecule has 0 aliphatic carbocycles. The Morgan fingerprint density at radius 2 is 1.71 bits per heavy atom. The molecule has 1 saturated heterocycles. The van der Waals surface area contributed by atoms with E-state index in [1.165, 1.54) is 4.90 Å². The maximum atomic E-state index is 12.7. The largest absolute Gasteiger partial charge is 0.459 e. The van der Waals surface area contributed by atoms with Gasteiger partial charge in [0.2, 0.25) is 0 Å². The van der Waals surface area contributed by atoms with Gasteiger partial charge in [-0.2, -0.15) is 0 Å². The molecule has 10 nitrogen and oxygen atoms in total. The van der Waals surface area contributed by atoms with Crippen LogP contribution >= 0.6 is 0 Å². The lowest BCUT2D eigenvalue weighted by Crippen LogP contribution is -2.53. The number of esters is 1. The number of likely N-dealkylation sites (tertiary alicyclic amines) is 1. The van der Waals surface area contributed by atoms with Gasteiger partial charge in [0, 0.05) is 32.2 Å². The monoisotopic (exact) mass is 477 g/mol. The quantitative estimate of drug-likeness (QED) is 0.365. The summed E-state index contributed by atoms with van der Waals surface area (Å²) in [6.45, 7) is 8.22. The summed E-state index contributed by atoms with van der Waals surface area (Å²) in [5.74, 6) is -1.71. The number of hydrogen-bond donors (Lipinski definition) is 1. The number of rotatable bonds is 7. The van der Waals surface area contributed by atoms with Crippen LogP contribution in [0.15, 0.2) is 30.3 Å². The first kappa shape index (κ1) is 26.9. The Morgan fingerprint density at radius 1 is 1.06 bits per heavy atom. The maximum Gasteiger partial charge on any atom is 0.410 e. The van der Waals surface area contributed by atoms with Gasteiger partial charge in [-0.25, -0.2) is 14.4 Å². The fourth-order valence-corrected chi connectivity index (χ4v) is 3.50. The SMILES string of the molecule is CCOC(=O)C(=O)N(CCNC(=O)OCc1ccccc1)C1CCN(C(=O)OC(C)(C)C)CC1. The van der Waals surface area contributed by atoms with Gasteiger partial charge in [-0.05, 0) is 46.1 Å². The Morgan fingerprint density at radius 3 is 2.29 bits per heavy atom. The van der Waals surface area contributed by atoms with Gasteiger partial charge < -0.3 is 29.3 Å². The number of ether oxygens (including phenoxy) is 3. The van der Waals surface area contributed by atoms with Crippen molar-refractivity contribution in [3.63, 3.8) is 0 Å².